The molecule has 1 amide bonds. The smallest absolute Gasteiger partial charge is 0.291 e. The minimum atomic E-state index is -3.65. The number of nitrogens with zero attached hydrogens (tertiary/aromatic N) is 2. The number of likely N-dealkylation sites (tertiary alicyclic amines) is 1. The summed E-state index contributed by atoms with van der Waals surface area (Å²) in [5, 5.41) is 0. The number of quaternary nitrogens is 1. The van der Waals surface area contributed by atoms with Gasteiger partial charge in [0.2, 0.25) is 15.8 Å². The van der Waals surface area contributed by atoms with Crippen molar-refractivity contribution in [2.45, 2.75) is 17.4 Å². The highest BCUT2D eigenvalue weighted by atomic mass is 32.2. The van der Waals surface area contributed by atoms with Gasteiger partial charge in [0.1, 0.15) is 17.7 Å². The summed E-state index contributed by atoms with van der Waals surface area (Å²) < 4.78 is 31.1. The molecule has 0 aliphatic carbocycles. The Labute approximate surface area is 187 Å². The maximum atomic E-state index is 13.3. The summed E-state index contributed by atoms with van der Waals surface area (Å²) in [6.45, 7) is 1.12. The first-order valence-electron chi connectivity index (χ1n) is 10.3. The lowest BCUT2D eigenvalue weighted by molar-refractivity contribution is -0.858. The van der Waals surface area contributed by atoms with E-state index in [-0.39, 0.29) is 10.5 Å². The molecule has 2 aromatic rings. The largest absolute Gasteiger partial charge is 0.467 e. The summed E-state index contributed by atoms with van der Waals surface area (Å²) >= 11 is 0. The lowest BCUT2D eigenvalue weighted by Gasteiger charge is -2.25. The van der Waals surface area contributed by atoms with Crippen molar-refractivity contribution in [2.75, 3.05) is 41.3 Å². The molecule has 0 radical (unpaired) electrons. The van der Waals surface area contributed by atoms with Crippen molar-refractivity contribution in [3.8, 4) is 0 Å². The van der Waals surface area contributed by atoms with Crippen LogP contribution in [0.15, 0.2) is 52.0 Å². The zero-order valence-electron chi connectivity index (χ0n) is 18.6. The minimum absolute atomic E-state index is 0.0308. The summed E-state index contributed by atoms with van der Waals surface area (Å²) in [4.78, 5) is 41.6. The van der Waals surface area contributed by atoms with Crippen LogP contribution in [0.1, 0.15) is 28.6 Å². The minimum Gasteiger partial charge on any atom is -0.467 e. The molecule has 1 N–H and O–H groups in total. The Hall–Kier alpha value is -2.82. The second-order valence-electron chi connectivity index (χ2n) is 8.29. The fourth-order valence-corrected chi connectivity index (χ4v) is 4.69. The van der Waals surface area contributed by atoms with Gasteiger partial charge in [-0.3, -0.25) is 14.4 Å². The van der Waals surface area contributed by atoms with Crippen LogP contribution >= 0.6 is 0 Å². The van der Waals surface area contributed by atoms with E-state index in [1.54, 1.807) is 12.1 Å². The number of carbonyl (C=O) groups is 3. The van der Waals surface area contributed by atoms with Crippen molar-refractivity contribution in [1.82, 2.24) is 9.21 Å². The predicted molar refractivity (Wildman–Crippen MR) is 116 cm³/mol. The third kappa shape index (κ3) is 4.52. The van der Waals surface area contributed by atoms with Crippen LogP contribution in [0, 0.1) is 5.92 Å². The lowest BCUT2D eigenvalue weighted by atomic mass is 9.89. The molecule has 0 spiro atoms. The van der Waals surface area contributed by atoms with Crippen LogP contribution in [-0.4, -0.2) is 76.4 Å². The van der Waals surface area contributed by atoms with Crippen molar-refractivity contribution >= 4 is 27.5 Å². The van der Waals surface area contributed by atoms with Crippen molar-refractivity contribution in [3.05, 3.63) is 54.0 Å². The lowest BCUT2D eigenvalue weighted by Crippen LogP contribution is -3.05. The Morgan fingerprint density at radius 3 is 2.31 bits per heavy atom. The molecule has 1 aromatic heterocycles. The molecule has 9 nitrogen and oxygen atoms in total. The Morgan fingerprint density at radius 1 is 1.12 bits per heavy atom. The number of furan rings is 1. The molecule has 1 aliphatic heterocycles. The quantitative estimate of drug-likeness (QED) is 0.320. The number of amides is 1. The van der Waals surface area contributed by atoms with E-state index in [1.807, 2.05) is 14.1 Å². The first-order chi connectivity index (χ1) is 15.1. The Kier molecular flexibility index (Phi) is 6.97. The van der Waals surface area contributed by atoms with Gasteiger partial charge in [0.05, 0.1) is 31.8 Å². The molecule has 10 heteroatoms. The van der Waals surface area contributed by atoms with Crippen LogP contribution in [0.25, 0.3) is 0 Å². The van der Waals surface area contributed by atoms with E-state index in [0.29, 0.717) is 18.7 Å². The zero-order valence-corrected chi connectivity index (χ0v) is 19.4. The average molecular weight is 463 g/mol. The van der Waals surface area contributed by atoms with Gasteiger partial charge in [0.25, 0.3) is 5.91 Å². The van der Waals surface area contributed by atoms with E-state index in [1.165, 1.54) is 54.4 Å². The molecule has 2 heterocycles. The number of carbonyl (C=O) groups excluding carboxylic acids is 3. The summed E-state index contributed by atoms with van der Waals surface area (Å²) in [5.41, 5.74) is 0.157. The summed E-state index contributed by atoms with van der Waals surface area (Å²) in [6.07, 6.45) is 2.10. The molecule has 1 aliphatic rings. The highest BCUT2D eigenvalue weighted by Crippen LogP contribution is 2.38. The molecule has 3 rings (SSSR count). The third-order valence-corrected chi connectivity index (χ3v) is 7.35. The summed E-state index contributed by atoms with van der Waals surface area (Å²) in [7, 11) is 3.16. The number of ketones is 2. The van der Waals surface area contributed by atoms with Crippen LogP contribution in [0.5, 0.6) is 0 Å². The van der Waals surface area contributed by atoms with Gasteiger partial charge in [-0.2, -0.15) is 0 Å². The number of benzene rings is 1. The van der Waals surface area contributed by atoms with Crippen molar-refractivity contribution < 1.29 is 32.1 Å². The maximum absolute atomic E-state index is 13.3. The number of rotatable bonds is 9. The van der Waals surface area contributed by atoms with Gasteiger partial charge in [-0.25, -0.2) is 12.7 Å². The molecule has 0 saturated carbocycles. The highest BCUT2D eigenvalue weighted by Gasteiger charge is 2.52. The van der Waals surface area contributed by atoms with Crippen molar-refractivity contribution in [3.63, 3.8) is 0 Å². The first-order valence-corrected chi connectivity index (χ1v) is 11.7. The van der Waals surface area contributed by atoms with Crippen LogP contribution in [0.2, 0.25) is 0 Å². The summed E-state index contributed by atoms with van der Waals surface area (Å²) in [6, 6.07) is 7.84. The van der Waals surface area contributed by atoms with Crippen LogP contribution < -0.4 is 4.90 Å². The first kappa shape index (κ1) is 23.8. The molecule has 1 saturated heterocycles. The number of nitrogens with one attached hydrogen (secondary N) is 1. The third-order valence-electron chi connectivity index (χ3n) is 5.52. The highest BCUT2D eigenvalue weighted by molar-refractivity contribution is 7.89. The monoisotopic (exact) mass is 462 g/mol. The number of Topliss-reactive ketones (excluding diaryl/α,β-unsaturated/α-hetero) is 2. The van der Waals surface area contributed by atoms with Crippen LogP contribution in [0.3, 0.4) is 0 Å². The molecular formula is C22H28N3O6S+. The molecular weight excluding hydrogens is 434 g/mol. The maximum Gasteiger partial charge on any atom is 0.291 e. The van der Waals surface area contributed by atoms with E-state index >= 15 is 0 Å². The second kappa shape index (κ2) is 9.35. The molecule has 1 fully saturated rings. The fraction of sp³-hybridized carbons (Fsp3) is 0.409. The van der Waals surface area contributed by atoms with Crippen LogP contribution in [0.4, 0.5) is 0 Å². The molecule has 2 unspecified atom stereocenters. The van der Waals surface area contributed by atoms with E-state index in [0.717, 1.165) is 10.8 Å². The SMILES string of the molecule is CN(C)S(=O)(=O)c1ccc(C(=O)C2C(=O)C(=O)N(CCC[NH+](C)C)C2c2ccco2)cc1. The Bertz CT molecular complexity index is 1090. The van der Waals surface area contributed by atoms with Crippen molar-refractivity contribution in [1.29, 1.82) is 0 Å². The number of hydrogen-bond donors (Lipinski definition) is 1. The number of hydrogen-bond acceptors (Lipinski definition) is 6. The van der Waals surface area contributed by atoms with Gasteiger partial charge in [0.15, 0.2) is 5.78 Å². The van der Waals surface area contributed by atoms with Crippen molar-refractivity contribution in [2.24, 2.45) is 5.92 Å². The normalized spacial score (nSPS) is 19.4. The van der Waals surface area contributed by atoms with E-state index in [9.17, 15) is 22.8 Å². The zero-order chi connectivity index (χ0) is 23.6. The fourth-order valence-electron chi connectivity index (χ4n) is 3.79. The molecule has 172 valence electrons. The standard InChI is InChI=1S/C22H27N3O6S/c1-23(2)12-6-13-25-19(17-7-5-14-31-17)18(21(27)22(25)28)20(26)15-8-10-16(11-9-15)32(29,30)24(3)4/h5,7-11,14,18-19H,6,12-13H2,1-4H3/p+1. The van der Waals surface area contributed by atoms with Gasteiger partial charge >= 0.3 is 0 Å². The molecule has 1 aromatic carbocycles. The van der Waals surface area contributed by atoms with Gasteiger partial charge in [-0.05, 0) is 24.3 Å². The Balaban J connectivity index is 1.93. The summed E-state index contributed by atoms with van der Waals surface area (Å²) in [5.74, 6) is -2.91. The second-order valence-corrected chi connectivity index (χ2v) is 10.4. The van der Waals surface area contributed by atoms with E-state index in [2.05, 4.69) is 0 Å². The van der Waals surface area contributed by atoms with Gasteiger partial charge in [-0.1, -0.05) is 12.1 Å². The molecule has 0 bridgehead atoms. The topological polar surface area (TPSA) is 109 Å². The van der Waals surface area contributed by atoms with E-state index in [4.69, 9.17) is 4.42 Å². The average Bonchev–Trinajstić information content (AvgIpc) is 3.35. The number of sulfonamides is 1. The predicted octanol–water partition coefficient (Wildman–Crippen LogP) is 0.0160. The van der Waals surface area contributed by atoms with Gasteiger partial charge in [-0.15, -0.1) is 0 Å². The Morgan fingerprint density at radius 2 is 1.78 bits per heavy atom. The molecule has 2 atom stereocenters. The molecule has 32 heavy (non-hydrogen) atoms. The van der Waals surface area contributed by atoms with Gasteiger partial charge in [0, 0.05) is 32.6 Å². The van der Waals surface area contributed by atoms with E-state index < -0.39 is 39.5 Å². The van der Waals surface area contributed by atoms with Crippen LogP contribution in [-0.2, 0) is 19.6 Å². The van der Waals surface area contributed by atoms with Gasteiger partial charge < -0.3 is 14.2 Å².